The summed E-state index contributed by atoms with van der Waals surface area (Å²) in [6, 6.07) is 3.75. The molecule has 32 heavy (non-hydrogen) atoms. The second kappa shape index (κ2) is 9.17. The maximum atomic E-state index is 12.6. The highest BCUT2D eigenvalue weighted by molar-refractivity contribution is 5.95. The number of aliphatic hydroxyl groups is 1. The first kappa shape index (κ1) is 21.4. The van der Waals surface area contributed by atoms with Crippen molar-refractivity contribution in [2.45, 2.75) is 51.2 Å². The summed E-state index contributed by atoms with van der Waals surface area (Å²) in [5.74, 6) is 1.28. The fourth-order valence-electron chi connectivity index (χ4n) is 4.62. The molecule has 1 aromatic rings. The third-order valence-electron chi connectivity index (χ3n) is 6.70. The van der Waals surface area contributed by atoms with Gasteiger partial charge in [-0.05, 0) is 55.9 Å². The Kier molecular flexibility index (Phi) is 6.12. The normalized spacial score (nSPS) is 28.7. The molecule has 4 aliphatic heterocycles. The molecular formula is C23H32N6O3. The van der Waals surface area contributed by atoms with Gasteiger partial charge in [-0.15, -0.1) is 0 Å². The van der Waals surface area contributed by atoms with Gasteiger partial charge in [0.25, 0.3) is 0 Å². The summed E-state index contributed by atoms with van der Waals surface area (Å²) >= 11 is 0. The van der Waals surface area contributed by atoms with E-state index >= 15 is 0 Å². The third-order valence-corrected chi connectivity index (χ3v) is 6.70. The number of hydrogen-bond acceptors (Lipinski definition) is 8. The van der Waals surface area contributed by atoms with Gasteiger partial charge in [-0.3, -0.25) is 19.7 Å². The Hall–Kier alpha value is -2.49. The van der Waals surface area contributed by atoms with Crippen LogP contribution in [0.2, 0.25) is 0 Å². The third kappa shape index (κ3) is 4.79. The van der Waals surface area contributed by atoms with Crippen LogP contribution in [0.1, 0.15) is 44.4 Å². The zero-order chi connectivity index (χ0) is 22.1. The van der Waals surface area contributed by atoms with Crippen LogP contribution in [-0.4, -0.2) is 81.8 Å². The smallest absolute Gasteiger partial charge is 0.245 e. The maximum Gasteiger partial charge on any atom is 0.245 e. The summed E-state index contributed by atoms with van der Waals surface area (Å²) in [5, 5.41) is 19.1. The number of amidine groups is 1. The summed E-state index contributed by atoms with van der Waals surface area (Å²) in [6.07, 6.45) is 9.16. The number of likely N-dealkylation sites (tertiary alicyclic amines) is 2. The van der Waals surface area contributed by atoms with E-state index in [2.05, 4.69) is 32.1 Å². The van der Waals surface area contributed by atoms with Crippen LogP contribution in [0.15, 0.2) is 35.6 Å². The number of hydrazone groups is 1. The molecule has 0 aromatic carbocycles. The van der Waals surface area contributed by atoms with Crippen molar-refractivity contribution in [2.75, 3.05) is 38.0 Å². The van der Waals surface area contributed by atoms with Crippen LogP contribution in [0.25, 0.3) is 0 Å². The second-order valence-electron chi connectivity index (χ2n) is 9.21. The zero-order valence-corrected chi connectivity index (χ0v) is 18.6. The Morgan fingerprint density at radius 1 is 1.22 bits per heavy atom. The lowest BCUT2D eigenvalue weighted by atomic mass is 9.99. The van der Waals surface area contributed by atoms with Crippen molar-refractivity contribution in [1.29, 1.82) is 0 Å². The summed E-state index contributed by atoms with van der Waals surface area (Å²) in [6.45, 7) is 6.30. The van der Waals surface area contributed by atoms with Crippen molar-refractivity contribution in [3.05, 3.63) is 36.2 Å². The Balaban J connectivity index is 1.14. The van der Waals surface area contributed by atoms with E-state index in [1.165, 1.54) is 17.9 Å². The van der Waals surface area contributed by atoms with E-state index in [1.807, 2.05) is 18.2 Å². The standard InChI is InChI=1S/C23H32N6O3/c1-16-8-12-27(13-9-16)19-6-7-21(31)29(26-19)15-20(30)25-17-4-5-18(24-14-17)22-23(32-22)28-10-2-3-11-28/h4-7,14,16,21-23,31H,2-3,8-13,15H2,1H3,(H,25,30). The highest BCUT2D eigenvalue weighted by atomic mass is 16.6. The average molecular weight is 441 g/mol. The van der Waals surface area contributed by atoms with Gasteiger partial charge < -0.3 is 20.1 Å². The van der Waals surface area contributed by atoms with Gasteiger partial charge >= 0.3 is 0 Å². The minimum Gasteiger partial charge on any atom is -0.369 e. The molecule has 0 spiro atoms. The molecule has 1 amide bonds. The lowest BCUT2D eigenvalue weighted by Crippen LogP contribution is -2.44. The van der Waals surface area contributed by atoms with E-state index in [0.29, 0.717) is 5.69 Å². The molecule has 2 N–H and O–H groups in total. The summed E-state index contributed by atoms with van der Waals surface area (Å²) in [5.41, 5.74) is 1.51. The lowest BCUT2D eigenvalue weighted by Gasteiger charge is -2.35. The number of epoxide rings is 1. The predicted octanol–water partition coefficient (Wildman–Crippen LogP) is 1.75. The number of nitrogens with one attached hydrogen (secondary N) is 1. The Morgan fingerprint density at radius 3 is 2.72 bits per heavy atom. The van der Waals surface area contributed by atoms with Gasteiger partial charge in [-0.2, -0.15) is 5.10 Å². The van der Waals surface area contributed by atoms with Crippen LogP contribution in [0.3, 0.4) is 0 Å². The molecule has 5 rings (SSSR count). The van der Waals surface area contributed by atoms with Gasteiger partial charge in [-0.1, -0.05) is 6.92 Å². The molecule has 9 nitrogen and oxygen atoms in total. The highest BCUT2D eigenvalue weighted by Crippen LogP contribution is 2.41. The lowest BCUT2D eigenvalue weighted by molar-refractivity contribution is -0.119. The minimum absolute atomic E-state index is 0.0265. The van der Waals surface area contributed by atoms with Crippen molar-refractivity contribution in [3.8, 4) is 0 Å². The summed E-state index contributed by atoms with van der Waals surface area (Å²) < 4.78 is 5.80. The molecule has 3 saturated heterocycles. The predicted molar refractivity (Wildman–Crippen MR) is 121 cm³/mol. The van der Waals surface area contributed by atoms with E-state index in [1.54, 1.807) is 12.3 Å². The minimum atomic E-state index is -0.914. The summed E-state index contributed by atoms with van der Waals surface area (Å²) in [7, 11) is 0. The number of nitrogens with zero attached hydrogens (tertiary/aromatic N) is 5. The quantitative estimate of drug-likeness (QED) is 0.674. The molecule has 0 saturated carbocycles. The van der Waals surface area contributed by atoms with E-state index in [4.69, 9.17) is 4.74 Å². The number of ether oxygens (including phenoxy) is 1. The van der Waals surface area contributed by atoms with Crippen molar-refractivity contribution in [1.82, 2.24) is 19.8 Å². The largest absolute Gasteiger partial charge is 0.369 e. The Labute approximate surface area is 188 Å². The number of aliphatic hydroxyl groups excluding tert-OH is 1. The molecular weight excluding hydrogens is 408 g/mol. The van der Waals surface area contributed by atoms with Gasteiger partial charge in [0.05, 0.1) is 17.6 Å². The van der Waals surface area contributed by atoms with Crippen LogP contribution in [0.5, 0.6) is 0 Å². The van der Waals surface area contributed by atoms with E-state index in [-0.39, 0.29) is 24.8 Å². The first-order valence-electron chi connectivity index (χ1n) is 11.7. The maximum absolute atomic E-state index is 12.6. The highest BCUT2D eigenvalue weighted by Gasteiger charge is 2.46. The van der Waals surface area contributed by atoms with Gasteiger partial charge in [0.15, 0.2) is 6.23 Å². The number of hydrogen-bond donors (Lipinski definition) is 2. The van der Waals surface area contributed by atoms with Crippen molar-refractivity contribution in [2.24, 2.45) is 11.0 Å². The van der Waals surface area contributed by atoms with Crippen molar-refractivity contribution < 1.29 is 14.6 Å². The topological polar surface area (TPSA) is 96.8 Å². The van der Waals surface area contributed by atoms with Gasteiger partial charge in [0.1, 0.15) is 24.7 Å². The van der Waals surface area contributed by atoms with Crippen LogP contribution >= 0.6 is 0 Å². The van der Waals surface area contributed by atoms with Crippen LogP contribution in [0.4, 0.5) is 5.69 Å². The number of anilines is 1. The van der Waals surface area contributed by atoms with Crippen LogP contribution in [0, 0.1) is 5.92 Å². The zero-order valence-electron chi connectivity index (χ0n) is 18.6. The molecule has 0 aliphatic carbocycles. The average Bonchev–Trinajstić information content (AvgIpc) is 3.40. The fraction of sp³-hybridized carbons (Fsp3) is 0.609. The van der Waals surface area contributed by atoms with Gasteiger partial charge in [0.2, 0.25) is 5.91 Å². The molecule has 9 heteroatoms. The number of pyridine rings is 1. The van der Waals surface area contributed by atoms with E-state index < -0.39 is 6.23 Å². The first-order valence-corrected chi connectivity index (χ1v) is 11.7. The van der Waals surface area contributed by atoms with Crippen molar-refractivity contribution in [3.63, 3.8) is 0 Å². The molecule has 0 bridgehead atoms. The molecule has 1 aromatic heterocycles. The summed E-state index contributed by atoms with van der Waals surface area (Å²) in [4.78, 5) is 21.6. The Morgan fingerprint density at radius 2 is 2.00 bits per heavy atom. The number of carbonyl (C=O) groups excluding carboxylic acids is 1. The number of amides is 1. The molecule has 3 atom stereocenters. The monoisotopic (exact) mass is 440 g/mol. The number of rotatable bonds is 5. The molecule has 3 unspecified atom stereocenters. The van der Waals surface area contributed by atoms with E-state index in [9.17, 15) is 9.90 Å². The second-order valence-corrected chi connectivity index (χ2v) is 9.21. The molecule has 172 valence electrons. The van der Waals surface area contributed by atoms with Crippen LogP contribution < -0.4 is 5.32 Å². The van der Waals surface area contributed by atoms with Crippen molar-refractivity contribution >= 4 is 17.4 Å². The van der Waals surface area contributed by atoms with E-state index in [0.717, 1.165) is 56.5 Å². The molecule has 0 radical (unpaired) electrons. The van der Waals surface area contributed by atoms with Gasteiger partial charge in [0, 0.05) is 26.2 Å². The molecule has 5 heterocycles. The molecule has 3 fully saturated rings. The first-order chi connectivity index (χ1) is 15.6. The molecule has 4 aliphatic rings. The number of piperidine rings is 1. The van der Waals surface area contributed by atoms with Crippen LogP contribution in [-0.2, 0) is 9.53 Å². The number of carbonyl (C=O) groups is 1. The van der Waals surface area contributed by atoms with Gasteiger partial charge in [-0.25, -0.2) is 0 Å². The number of aromatic nitrogens is 1. The fourth-order valence-corrected chi connectivity index (χ4v) is 4.62. The SMILES string of the molecule is CC1CCN(C2=NN(CC(=O)Nc3ccc(C4OC4N4CCCC4)nc3)C(O)C=C2)CC1. The Bertz CT molecular complexity index is 874.